The zero-order valence-electron chi connectivity index (χ0n) is 10.4. The van der Waals surface area contributed by atoms with Gasteiger partial charge in [-0.3, -0.25) is 5.41 Å². The Morgan fingerprint density at radius 2 is 1.95 bits per heavy atom. The van der Waals surface area contributed by atoms with Crippen LogP contribution in [0.25, 0.3) is 0 Å². The topological polar surface area (TPSA) is 88.5 Å². The summed E-state index contributed by atoms with van der Waals surface area (Å²) in [5.41, 5.74) is 4.47. The van der Waals surface area contributed by atoms with Gasteiger partial charge in [0.05, 0.1) is 0 Å². The number of thioether (sulfide) groups is 1. The van der Waals surface area contributed by atoms with E-state index in [9.17, 15) is 13.2 Å². The van der Waals surface area contributed by atoms with Crippen LogP contribution in [0.4, 0.5) is 13.2 Å². The van der Waals surface area contributed by atoms with E-state index in [0.717, 1.165) is 23.9 Å². The van der Waals surface area contributed by atoms with Gasteiger partial charge >= 0.3 is 6.18 Å². The predicted octanol–water partition coefficient (Wildman–Crippen LogP) is 3.11. The van der Waals surface area contributed by atoms with Crippen molar-refractivity contribution in [2.45, 2.75) is 19.9 Å². The molecule has 3 N–H and O–H groups in total. The van der Waals surface area contributed by atoms with Gasteiger partial charge in [-0.05, 0) is 30.2 Å². The first kappa shape index (κ1) is 16.0. The fourth-order valence-corrected chi connectivity index (χ4v) is 3.77. The molecule has 2 rings (SSSR count). The van der Waals surface area contributed by atoms with Gasteiger partial charge in [0.25, 0.3) is 0 Å². The van der Waals surface area contributed by atoms with Gasteiger partial charge in [-0.15, -0.1) is 10.2 Å². The highest BCUT2D eigenvalue weighted by Gasteiger charge is 2.33. The van der Waals surface area contributed by atoms with E-state index >= 15 is 0 Å². The molecule has 0 saturated heterocycles. The van der Waals surface area contributed by atoms with Crippen LogP contribution < -0.4 is 5.73 Å². The highest BCUT2D eigenvalue weighted by molar-refractivity contribution is 8.03. The van der Waals surface area contributed by atoms with Gasteiger partial charge in [0, 0.05) is 5.56 Å². The molecule has 0 aliphatic carbocycles. The normalized spacial score (nSPS) is 11.6. The Labute approximate surface area is 130 Å². The van der Waals surface area contributed by atoms with Crippen molar-refractivity contribution < 1.29 is 13.2 Å². The van der Waals surface area contributed by atoms with Crippen LogP contribution in [0.5, 0.6) is 0 Å². The molecule has 21 heavy (non-hydrogen) atoms. The quantitative estimate of drug-likeness (QED) is 0.500. The lowest BCUT2D eigenvalue weighted by atomic mass is 10.2. The molecule has 2 aromatic heterocycles. The van der Waals surface area contributed by atoms with Gasteiger partial charge in [0.15, 0.2) is 8.68 Å². The van der Waals surface area contributed by atoms with E-state index in [1.54, 1.807) is 0 Å². The molecule has 0 saturated carbocycles. The van der Waals surface area contributed by atoms with E-state index in [4.69, 9.17) is 11.1 Å². The number of alkyl halides is 3. The monoisotopic (exact) mass is 351 g/mol. The molecule has 0 unspecified atom stereocenters. The summed E-state index contributed by atoms with van der Waals surface area (Å²) in [5, 5.41) is 15.1. The Hall–Kier alpha value is -1.33. The van der Waals surface area contributed by atoms with Gasteiger partial charge in [0.1, 0.15) is 16.6 Å². The molecule has 0 spiro atoms. The summed E-state index contributed by atoms with van der Waals surface area (Å²) in [6, 6.07) is 1.94. The lowest BCUT2D eigenvalue weighted by Crippen LogP contribution is -2.16. The molecule has 2 aromatic rings. The molecule has 0 aliphatic heterocycles. The SMILES string of the molecule is CSc1nnc(Sc2nc(C(F)(F)F)ccc2C(=N)N)s1. The van der Waals surface area contributed by atoms with E-state index in [1.807, 2.05) is 6.26 Å². The number of hydrogen-bond donors (Lipinski definition) is 2. The van der Waals surface area contributed by atoms with Crippen molar-refractivity contribution in [2.24, 2.45) is 5.73 Å². The fourth-order valence-electron chi connectivity index (χ4n) is 1.28. The smallest absolute Gasteiger partial charge is 0.384 e. The number of rotatable bonds is 4. The maximum Gasteiger partial charge on any atom is 0.433 e. The highest BCUT2D eigenvalue weighted by Crippen LogP contribution is 2.36. The summed E-state index contributed by atoms with van der Waals surface area (Å²) < 4.78 is 39.3. The summed E-state index contributed by atoms with van der Waals surface area (Å²) in [7, 11) is 0. The van der Waals surface area contributed by atoms with E-state index in [-0.39, 0.29) is 16.4 Å². The number of nitrogen functional groups attached to an aromatic ring is 1. The average molecular weight is 351 g/mol. The van der Waals surface area contributed by atoms with Crippen LogP contribution in [-0.4, -0.2) is 27.3 Å². The second-order valence-electron chi connectivity index (χ2n) is 3.60. The fraction of sp³-hybridized carbons (Fsp3) is 0.200. The third-order valence-corrected chi connectivity index (χ3v) is 5.14. The molecular formula is C10H8F3N5S3. The van der Waals surface area contributed by atoms with Crippen LogP contribution >= 0.6 is 34.9 Å². The van der Waals surface area contributed by atoms with Crippen molar-refractivity contribution in [3.05, 3.63) is 23.4 Å². The minimum Gasteiger partial charge on any atom is -0.384 e. The van der Waals surface area contributed by atoms with Gasteiger partial charge < -0.3 is 5.73 Å². The largest absolute Gasteiger partial charge is 0.433 e. The summed E-state index contributed by atoms with van der Waals surface area (Å²) in [4.78, 5) is 3.54. The molecule has 5 nitrogen and oxygen atoms in total. The molecule has 0 radical (unpaired) electrons. The van der Waals surface area contributed by atoms with Crippen LogP contribution in [0, 0.1) is 5.41 Å². The van der Waals surface area contributed by atoms with Crippen molar-refractivity contribution in [3.63, 3.8) is 0 Å². The van der Waals surface area contributed by atoms with Crippen molar-refractivity contribution >= 4 is 40.7 Å². The second kappa shape index (κ2) is 6.20. The third kappa shape index (κ3) is 3.86. The number of nitrogens with zero attached hydrogens (tertiary/aromatic N) is 3. The Kier molecular flexibility index (Phi) is 4.74. The van der Waals surface area contributed by atoms with E-state index in [0.29, 0.717) is 8.68 Å². The Bertz CT molecular complexity index is 670. The minimum absolute atomic E-state index is 0.0128. The molecule has 0 amide bonds. The first-order chi connectivity index (χ1) is 9.81. The maximum absolute atomic E-state index is 12.7. The van der Waals surface area contributed by atoms with E-state index < -0.39 is 11.9 Å². The molecule has 2 heterocycles. The number of halogens is 3. The van der Waals surface area contributed by atoms with Crippen LogP contribution in [0.15, 0.2) is 25.8 Å². The van der Waals surface area contributed by atoms with Crippen LogP contribution in [0.3, 0.4) is 0 Å². The molecule has 11 heteroatoms. The second-order valence-corrected chi connectivity index (χ2v) is 6.87. The average Bonchev–Trinajstić information content (AvgIpc) is 2.85. The molecule has 112 valence electrons. The van der Waals surface area contributed by atoms with Gasteiger partial charge in [-0.1, -0.05) is 23.1 Å². The third-order valence-electron chi connectivity index (χ3n) is 2.19. The summed E-state index contributed by atoms with van der Waals surface area (Å²) in [5.74, 6) is -0.353. The number of aromatic nitrogens is 3. The van der Waals surface area contributed by atoms with Crippen LogP contribution in [0.1, 0.15) is 11.3 Å². The van der Waals surface area contributed by atoms with Gasteiger partial charge in [-0.25, -0.2) is 4.98 Å². The Morgan fingerprint density at radius 1 is 1.29 bits per heavy atom. The number of hydrogen-bond acceptors (Lipinski definition) is 7. The Balaban J connectivity index is 2.41. The molecule has 0 aromatic carbocycles. The van der Waals surface area contributed by atoms with Crippen LogP contribution in [0.2, 0.25) is 0 Å². The summed E-state index contributed by atoms with van der Waals surface area (Å²) >= 11 is 3.52. The number of pyridine rings is 1. The maximum atomic E-state index is 12.7. The summed E-state index contributed by atoms with van der Waals surface area (Å²) in [6.07, 6.45) is -2.74. The van der Waals surface area contributed by atoms with Gasteiger partial charge in [0.2, 0.25) is 0 Å². The van der Waals surface area contributed by atoms with Gasteiger partial charge in [-0.2, -0.15) is 13.2 Å². The first-order valence-corrected chi connectivity index (χ1v) is 8.15. The van der Waals surface area contributed by atoms with Crippen molar-refractivity contribution in [1.82, 2.24) is 15.2 Å². The van der Waals surface area contributed by atoms with Crippen LogP contribution in [-0.2, 0) is 6.18 Å². The summed E-state index contributed by atoms with van der Waals surface area (Å²) in [6.45, 7) is 0. The zero-order valence-corrected chi connectivity index (χ0v) is 12.9. The highest BCUT2D eigenvalue weighted by atomic mass is 32.2. The molecule has 0 atom stereocenters. The zero-order chi connectivity index (χ0) is 15.6. The minimum atomic E-state index is -4.56. The Morgan fingerprint density at radius 3 is 2.48 bits per heavy atom. The number of nitrogens with one attached hydrogen (secondary N) is 1. The number of amidine groups is 1. The molecule has 0 aliphatic rings. The van der Waals surface area contributed by atoms with Crippen molar-refractivity contribution in [2.75, 3.05) is 6.26 Å². The van der Waals surface area contributed by atoms with Crippen molar-refractivity contribution in [1.29, 1.82) is 5.41 Å². The van der Waals surface area contributed by atoms with E-state index in [1.165, 1.54) is 23.1 Å². The predicted molar refractivity (Wildman–Crippen MR) is 76.1 cm³/mol. The number of nitrogens with two attached hydrogens (primary N) is 1. The van der Waals surface area contributed by atoms with Crippen molar-refractivity contribution in [3.8, 4) is 0 Å². The first-order valence-electron chi connectivity index (χ1n) is 5.29. The molecule has 0 fully saturated rings. The molecular weight excluding hydrogens is 343 g/mol. The van der Waals surface area contributed by atoms with E-state index in [2.05, 4.69) is 15.2 Å². The lowest BCUT2D eigenvalue weighted by Gasteiger charge is -2.10. The standard InChI is InChI=1S/C10H8F3N5S3/c1-19-8-17-18-9(21-8)20-7-4(6(14)15)2-3-5(16-7)10(11,12)13/h2-3H,1H3,(H3,14,15). The molecule has 0 bridgehead atoms. The lowest BCUT2D eigenvalue weighted by molar-refractivity contribution is -0.141.